The van der Waals surface area contributed by atoms with Gasteiger partial charge >= 0.3 is 0 Å². The van der Waals surface area contributed by atoms with Crippen LogP contribution in [0.2, 0.25) is 0 Å². The quantitative estimate of drug-likeness (QED) is 0.408. The van der Waals surface area contributed by atoms with Crippen LogP contribution in [0.5, 0.6) is 0 Å². The molecule has 6 heteroatoms. The highest BCUT2D eigenvalue weighted by Gasteiger charge is 2.46. The summed E-state index contributed by atoms with van der Waals surface area (Å²) in [6, 6.07) is 15.0. The third-order valence-electron chi connectivity index (χ3n) is 4.94. The SMILES string of the molecule is Cc1ccc(/C(O)=C2\C(=O)C(=O)N(Cc3ccco3)[C@H]2c2cccc(F)c2)cc1. The monoisotopic (exact) mass is 391 g/mol. The molecule has 1 saturated heterocycles. The summed E-state index contributed by atoms with van der Waals surface area (Å²) in [6.07, 6.45) is 1.47. The fourth-order valence-corrected chi connectivity index (χ4v) is 3.50. The predicted octanol–water partition coefficient (Wildman–Crippen LogP) is 4.35. The van der Waals surface area contributed by atoms with Gasteiger partial charge in [-0.15, -0.1) is 0 Å². The van der Waals surface area contributed by atoms with E-state index in [0.717, 1.165) is 5.56 Å². The molecule has 1 aliphatic rings. The van der Waals surface area contributed by atoms with E-state index in [2.05, 4.69) is 0 Å². The Morgan fingerprint density at radius 2 is 1.86 bits per heavy atom. The van der Waals surface area contributed by atoms with Crippen LogP contribution in [0.1, 0.15) is 28.5 Å². The second kappa shape index (κ2) is 7.39. The Morgan fingerprint density at radius 3 is 2.52 bits per heavy atom. The maximum atomic E-state index is 13.9. The number of aliphatic hydroxyl groups is 1. The average molecular weight is 391 g/mol. The molecule has 1 aromatic heterocycles. The van der Waals surface area contributed by atoms with Crippen molar-refractivity contribution < 1.29 is 23.5 Å². The molecule has 0 radical (unpaired) electrons. The van der Waals surface area contributed by atoms with E-state index in [-0.39, 0.29) is 17.9 Å². The number of carbonyl (C=O) groups excluding carboxylic acids is 2. The van der Waals surface area contributed by atoms with Crippen molar-refractivity contribution in [2.45, 2.75) is 19.5 Å². The minimum atomic E-state index is -0.933. The maximum Gasteiger partial charge on any atom is 0.296 e. The third kappa shape index (κ3) is 3.45. The number of furan rings is 1. The number of nitrogens with zero attached hydrogens (tertiary/aromatic N) is 1. The molecule has 2 aromatic carbocycles. The minimum Gasteiger partial charge on any atom is -0.507 e. The molecule has 0 unspecified atom stereocenters. The molecule has 5 nitrogen and oxygen atoms in total. The summed E-state index contributed by atoms with van der Waals surface area (Å²) >= 11 is 0. The van der Waals surface area contributed by atoms with Gasteiger partial charge in [-0.3, -0.25) is 9.59 Å². The fraction of sp³-hybridized carbons (Fsp3) is 0.130. The summed E-state index contributed by atoms with van der Waals surface area (Å²) in [4.78, 5) is 26.9. The van der Waals surface area contributed by atoms with Gasteiger partial charge in [-0.1, -0.05) is 42.0 Å². The number of Topliss-reactive ketones (excluding diaryl/α,β-unsaturated/α-hetero) is 1. The summed E-state index contributed by atoms with van der Waals surface area (Å²) in [5.74, 6) is -1.90. The molecule has 29 heavy (non-hydrogen) atoms. The predicted molar refractivity (Wildman–Crippen MR) is 104 cm³/mol. The summed E-state index contributed by atoms with van der Waals surface area (Å²) in [5, 5.41) is 10.9. The van der Waals surface area contributed by atoms with Crippen molar-refractivity contribution in [3.63, 3.8) is 0 Å². The zero-order valence-electron chi connectivity index (χ0n) is 15.6. The van der Waals surface area contributed by atoms with Crippen LogP contribution in [0.4, 0.5) is 4.39 Å². The summed E-state index contributed by atoms with van der Waals surface area (Å²) in [5.41, 5.74) is 1.72. The van der Waals surface area contributed by atoms with Crippen molar-refractivity contribution >= 4 is 17.4 Å². The van der Waals surface area contributed by atoms with Crippen molar-refractivity contribution in [2.75, 3.05) is 0 Å². The summed E-state index contributed by atoms with van der Waals surface area (Å²) < 4.78 is 19.3. The standard InChI is InChI=1S/C23H18FNO4/c1-14-7-9-15(10-8-14)21(26)19-20(16-4-2-5-17(24)12-16)25(23(28)22(19)27)13-18-6-3-11-29-18/h2-12,20,26H,13H2,1H3/b21-19+/t20-/m0/s1. The van der Waals surface area contributed by atoms with Gasteiger partial charge in [0.1, 0.15) is 17.3 Å². The molecule has 1 fully saturated rings. The van der Waals surface area contributed by atoms with Crippen molar-refractivity contribution in [1.82, 2.24) is 4.90 Å². The average Bonchev–Trinajstić information content (AvgIpc) is 3.30. The highest BCUT2D eigenvalue weighted by atomic mass is 19.1. The van der Waals surface area contributed by atoms with Crippen LogP contribution in [0.3, 0.4) is 0 Å². The highest BCUT2D eigenvalue weighted by Crippen LogP contribution is 2.40. The lowest BCUT2D eigenvalue weighted by atomic mass is 9.95. The van der Waals surface area contributed by atoms with Crippen LogP contribution in [0, 0.1) is 12.7 Å². The van der Waals surface area contributed by atoms with Crippen LogP contribution in [0.25, 0.3) is 5.76 Å². The normalized spacial score (nSPS) is 18.4. The van der Waals surface area contributed by atoms with Gasteiger partial charge in [-0.05, 0) is 36.8 Å². The van der Waals surface area contributed by atoms with Crippen molar-refractivity contribution in [1.29, 1.82) is 0 Å². The minimum absolute atomic E-state index is 0.0173. The van der Waals surface area contributed by atoms with Crippen molar-refractivity contribution in [2.24, 2.45) is 0 Å². The zero-order chi connectivity index (χ0) is 20.5. The number of benzene rings is 2. The number of amides is 1. The lowest BCUT2D eigenvalue weighted by Gasteiger charge is -2.24. The number of ketones is 1. The van der Waals surface area contributed by atoms with Crippen LogP contribution in [-0.4, -0.2) is 21.7 Å². The Balaban J connectivity index is 1.87. The van der Waals surface area contributed by atoms with Crippen LogP contribution in [0.15, 0.2) is 76.9 Å². The highest BCUT2D eigenvalue weighted by molar-refractivity contribution is 6.46. The van der Waals surface area contributed by atoms with Crippen molar-refractivity contribution in [3.05, 3.63) is 101 Å². The number of aliphatic hydroxyl groups excluding tert-OH is 1. The van der Waals surface area contributed by atoms with Gasteiger partial charge in [0, 0.05) is 5.56 Å². The first-order chi connectivity index (χ1) is 14.0. The van der Waals surface area contributed by atoms with E-state index in [4.69, 9.17) is 4.42 Å². The molecule has 1 amide bonds. The number of carbonyl (C=O) groups is 2. The van der Waals surface area contributed by atoms with E-state index in [1.807, 2.05) is 6.92 Å². The first-order valence-electron chi connectivity index (χ1n) is 9.09. The largest absolute Gasteiger partial charge is 0.507 e. The molecular formula is C23H18FNO4. The second-order valence-electron chi connectivity index (χ2n) is 6.93. The van der Waals surface area contributed by atoms with Crippen LogP contribution in [-0.2, 0) is 16.1 Å². The zero-order valence-corrected chi connectivity index (χ0v) is 15.6. The number of hydrogen-bond acceptors (Lipinski definition) is 4. The van der Waals surface area contributed by atoms with Gasteiger partial charge < -0.3 is 14.4 Å². The maximum absolute atomic E-state index is 13.9. The Kier molecular flexibility index (Phi) is 4.76. The van der Waals surface area contributed by atoms with Gasteiger partial charge in [0.15, 0.2) is 0 Å². The van der Waals surface area contributed by atoms with E-state index >= 15 is 0 Å². The number of rotatable bonds is 4. The molecule has 0 saturated carbocycles. The van der Waals surface area contributed by atoms with E-state index < -0.39 is 23.5 Å². The van der Waals surface area contributed by atoms with Gasteiger partial charge in [-0.2, -0.15) is 0 Å². The smallest absolute Gasteiger partial charge is 0.296 e. The topological polar surface area (TPSA) is 70.8 Å². The van der Waals surface area contributed by atoms with Gasteiger partial charge in [-0.25, -0.2) is 4.39 Å². The van der Waals surface area contributed by atoms with Gasteiger partial charge in [0.05, 0.1) is 24.4 Å². The van der Waals surface area contributed by atoms with E-state index in [9.17, 15) is 19.1 Å². The number of halogens is 1. The van der Waals surface area contributed by atoms with Gasteiger partial charge in [0.2, 0.25) is 0 Å². The van der Waals surface area contributed by atoms with Crippen LogP contribution >= 0.6 is 0 Å². The third-order valence-corrected chi connectivity index (χ3v) is 4.94. The van der Waals surface area contributed by atoms with E-state index in [1.165, 1.54) is 29.4 Å². The first kappa shape index (κ1) is 18.7. The number of hydrogen-bond donors (Lipinski definition) is 1. The molecule has 146 valence electrons. The molecular weight excluding hydrogens is 373 g/mol. The lowest BCUT2D eigenvalue weighted by molar-refractivity contribution is -0.140. The second-order valence-corrected chi connectivity index (χ2v) is 6.93. The summed E-state index contributed by atoms with van der Waals surface area (Å²) in [7, 11) is 0. The van der Waals surface area contributed by atoms with Gasteiger partial charge in [0.25, 0.3) is 11.7 Å². The van der Waals surface area contributed by atoms with Crippen LogP contribution < -0.4 is 0 Å². The molecule has 1 aliphatic heterocycles. The first-order valence-corrected chi connectivity index (χ1v) is 9.09. The Bertz CT molecular complexity index is 1100. The molecule has 1 N–H and O–H groups in total. The number of aryl methyl sites for hydroxylation is 1. The Morgan fingerprint density at radius 1 is 1.10 bits per heavy atom. The Hall–Kier alpha value is -3.67. The van der Waals surface area contributed by atoms with E-state index in [1.54, 1.807) is 42.5 Å². The molecule has 0 spiro atoms. The molecule has 0 bridgehead atoms. The Labute approximate surface area is 166 Å². The molecule has 0 aliphatic carbocycles. The summed E-state index contributed by atoms with van der Waals surface area (Å²) in [6.45, 7) is 1.92. The van der Waals surface area contributed by atoms with E-state index in [0.29, 0.717) is 16.9 Å². The molecule has 4 rings (SSSR count). The molecule has 3 aromatic rings. The van der Waals surface area contributed by atoms with Crippen molar-refractivity contribution in [3.8, 4) is 0 Å². The molecule has 1 atom stereocenters. The molecule has 2 heterocycles. The fourth-order valence-electron chi connectivity index (χ4n) is 3.50. The number of likely N-dealkylation sites (tertiary alicyclic amines) is 1. The lowest BCUT2D eigenvalue weighted by Crippen LogP contribution is -2.29.